The molecule has 0 amide bonds. The van der Waals surface area contributed by atoms with Crippen LogP contribution in [0.15, 0.2) is 36.5 Å². The van der Waals surface area contributed by atoms with E-state index in [1.807, 2.05) is 0 Å². The molecule has 0 radical (unpaired) electrons. The minimum absolute atomic E-state index is 0.0601. The van der Waals surface area contributed by atoms with E-state index in [9.17, 15) is 8.42 Å². The summed E-state index contributed by atoms with van der Waals surface area (Å²) in [5.74, 6) is 1.37. The normalized spacial score (nSPS) is 12.7. The number of hydrogen-bond acceptors (Lipinski definition) is 6. The molecule has 0 spiro atoms. The van der Waals surface area contributed by atoms with Crippen molar-refractivity contribution in [3.63, 3.8) is 0 Å². The number of nitrogens with zero attached hydrogens (tertiary/aromatic N) is 1. The second-order valence-corrected chi connectivity index (χ2v) is 7.08. The molecule has 0 saturated carbocycles. The standard InChI is InChI=1S/C15H15Cl2NO5S/c1-21-15-6-4-11(9-18-15)22-10-3-5-12(13(17)7-10)14(8-16)23-24(2,19)20/h3-7,9,14H,8H2,1-2H3. The van der Waals surface area contributed by atoms with E-state index in [-0.39, 0.29) is 10.9 Å². The number of rotatable bonds is 7. The van der Waals surface area contributed by atoms with Gasteiger partial charge in [-0.25, -0.2) is 4.98 Å². The van der Waals surface area contributed by atoms with E-state index in [0.29, 0.717) is 22.9 Å². The van der Waals surface area contributed by atoms with Gasteiger partial charge in [0.25, 0.3) is 10.1 Å². The molecule has 0 fully saturated rings. The second-order valence-electron chi connectivity index (χ2n) is 4.76. The maximum atomic E-state index is 11.3. The zero-order valence-electron chi connectivity index (χ0n) is 12.9. The Kier molecular flexibility index (Phi) is 6.28. The Bertz CT molecular complexity index is 796. The molecule has 0 aliphatic heterocycles. The van der Waals surface area contributed by atoms with Gasteiger partial charge in [-0.3, -0.25) is 4.18 Å². The molecule has 0 aliphatic rings. The van der Waals surface area contributed by atoms with Crippen molar-refractivity contribution in [1.29, 1.82) is 0 Å². The first-order chi connectivity index (χ1) is 11.3. The van der Waals surface area contributed by atoms with Crippen LogP contribution in [0, 0.1) is 0 Å². The molecule has 0 saturated heterocycles. The van der Waals surface area contributed by atoms with Crippen LogP contribution in [-0.4, -0.2) is 32.6 Å². The zero-order valence-corrected chi connectivity index (χ0v) is 15.2. The van der Waals surface area contributed by atoms with Crippen molar-refractivity contribution >= 4 is 33.3 Å². The highest BCUT2D eigenvalue weighted by molar-refractivity contribution is 7.86. The molecule has 1 unspecified atom stereocenters. The average molecular weight is 392 g/mol. The molecule has 2 rings (SSSR count). The summed E-state index contributed by atoms with van der Waals surface area (Å²) in [7, 11) is -2.14. The number of methoxy groups -OCH3 is 1. The third-order valence-corrected chi connectivity index (χ3v) is 4.09. The lowest BCUT2D eigenvalue weighted by Crippen LogP contribution is -2.12. The number of benzene rings is 1. The van der Waals surface area contributed by atoms with Crippen molar-refractivity contribution in [2.45, 2.75) is 6.10 Å². The molecule has 2 aromatic rings. The van der Waals surface area contributed by atoms with Crippen molar-refractivity contribution in [2.75, 3.05) is 19.2 Å². The smallest absolute Gasteiger partial charge is 0.265 e. The van der Waals surface area contributed by atoms with Gasteiger partial charge in [0.15, 0.2) is 0 Å². The molecule has 0 N–H and O–H groups in total. The van der Waals surface area contributed by atoms with Gasteiger partial charge in [-0.15, -0.1) is 11.6 Å². The van der Waals surface area contributed by atoms with Gasteiger partial charge in [0, 0.05) is 11.6 Å². The van der Waals surface area contributed by atoms with E-state index in [2.05, 4.69) is 4.98 Å². The molecular formula is C15H15Cl2NO5S. The minimum Gasteiger partial charge on any atom is -0.481 e. The topological polar surface area (TPSA) is 74.7 Å². The van der Waals surface area contributed by atoms with Crippen LogP contribution in [0.4, 0.5) is 0 Å². The molecule has 1 atom stereocenters. The maximum Gasteiger partial charge on any atom is 0.265 e. The molecule has 24 heavy (non-hydrogen) atoms. The number of alkyl halides is 1. The van der Waals surface area contributed by atoms with Crippen LogP contribution in [0.2, 0.25) is 5.02 Å². The Morgan fingerprint density at radius 1 is 1.21 bits per heavy atom. The molecular weight excluding hydrogens is 377 g/mol. The van der Waals surface area contributed by atoms with Gasteiger partial charge in [-0.1, -0.05) is 17.7 Å². The first-order valence-corrected chi connectivity index (χ1v) is 9.47. The molecule has 130 valence electrons. The molecule has 1 aromatic carbocycles. The lowest BCUT2D eigenvalue weighted by atomic mass is 10.1. The largest absolute Gasteiger partial charge is 0.481 e. The summed E-state index contributed by atoms with van der Waals surface area (Å²) in [5, 5.41) is 0.281. The van der Waals surface area contributed by atoms with E-state index in [4.69, 9.17) is 36.9 Å². The van der Waals surface area contributed by atoms with Crippen LogP contribution in [0.5, 0.6) is 17.4 Å². The molecule has 0 aliphatic carbocycles. The predicted molar refractivity (Wildman–Crippen MR) is 91.7 cm³/mol. The highest BCUT2D eigenvalue weighted by atomic mass is 35.5. The van der Waals surface area contributed by atoms with E-state index in [1.165, 1.54) is 13.3 Å². The fourth-order valence-corrected chi connectivity index (χ4v) is 3.08. The molecule has 0 bridgehead atoms. The quantitative estimate of drug-likeness (QED) is 0.527. The van der Waals surface area contributed by atoms with Crippen LogP contribution in [0.3, 0.4) is 0 Å². The van der Waals surface area contributed by atoms with Gasteiger partial charge in [0.1, 0.15) is 17.6 Å². The van der Waals surface area contributed by atoms with E-state index < -0.39 is 16.2 Å². The van der Waals surface area contributed by atoms with E-state index >= 15 is 0 Å². The summed E-state index contributed by atoms with van der Waals surface area (Å²) in [6, 6.07) is 8.15. The average Bonchev–Trinajstić information content (AvgIpc) is 2.53. The third-order valence-electron chi connectivity index (χ3n) is 2.90. The number of ether oxygens (including phenoxy) is 2. The fraction of sp³-hybridized carbons (Fsp3) is 0.267. The molecule has 1 aromatic heterocycles. The van der Waals surface area contributed by atoms with Crippen molar-refractivity contribution in [3.05, 3.63) is 47.1 Å². The molecule has 6 nitrogen and oxygen atoms in total. The third kappa shape index (κ3) is 5.24. The predicted octanol–water partition coefficient (Wildman–Crippen LogP) is 3.79. The van der Waals surface area contributed by atoms with Gasteiger partial charge in [-0.2, -0.15) is 8.42 Å². The number of pyridine rings is 1. The van der Waals surface area contributed by atoms with Crippen LogP contribution in [-0.2, 0) is 14.3 Å². The Balaban J connectivity index is 2.18. The van der Waals surface area contributed by atoms with Crippen molar-refractivity contribution in [2.24, 2.45) is 0 Å². The van der Waals surface area contributed by atoms with Crippen LogP contribution in [0.1, 0.15) is 11.7 Å². The second kappa shape index (κ2) is 8.02. The summed E-state index contributed by atoms with van der Waals surface area (Å²) in [6.07, 6.45) is 1.59. The number of hydrogen-bond donors (Lipinski definition) is 0. The number of aromatic nitrogens is 1. The lowest BCUT2D eigenvalue weighted by Gasteiger charge is -2.16. The summed E-state index contributed by atoms with van der Waals surface area (Å²) in [6.45, 7) is 0. The Hall–Kier alpha value is -1.54. The Morgan fingerprint density at radius 2 is 1.92 bits per heavy atom. The van der Waals surface area contributed by atoms with Crippen molar-refractivity contribution in [1.82, 2.24) is 4.98 Å². The van der Waals surface area contributed by atoms with Crippen LogP contribution in [0.25, 0.3) is 0 Å². The number of halogens is 2. The lowest BCUT2D eigenvalue weighted by molar-refractivity contribution is 0.240. The van der Waals surface area contributed by atoms with Gasteiger partial charge in [-0.05, 0) is 18.2 Å². The first kappa shape index (κ1) is 18.8. The monoisotopic (exact) mass is 391 g/mol. The Morgan fingerprint density at radius 3 is 2.42 bits per heavy atom. The first-order valence-electron chi connectivity index (χ1n) is 6.74. The summed E-state index contributed by atoms with van der Waals surface area (Å²) < 4.78 is 38.1. The van der Waals surface area contributed by atoms with E-state index in [1.54, 1.807) is 30.3 Å². The van der Waals surface area contributed by atoms with Gasteiger partial charge >= 0.3 is 0 Å². The SMILES string of the molecule is COc1ccc(Oc2ccc(C(CCl)OS(C)(=O)=O)c(Cl)c2)cn1. The van der Waals surface area contributed by atoms with Crippen LogP contribution >= 0.6 is 23.2 Å². The fourth-order valence-electron chi connectivity index (χ4n) is 1.89. The summed E-state index contributed by atoms with van der Waals surface area (Å²) in [4.78, 5) is 4.03. The maximum absolute atomic E-state index is 11.3. The zero-order chi connectivity index (χ0) is 17.7. The Labute approximate surface area is 150 Å². The van der Waals surface area contributed by atoms with Gasteiger partial charge in [0.2, 0.25) is 5.88 Å². The van der Waals surface area contributed by atoms with Crippen molar-refractivity contribution in [3.8, 4) is 17.4 Å². The highest BCUT2D eigenvalue weighted by Crippen LogP contribution is 2.32. The summed E-state index contributed by atoms with van der Waals surface area (Å²) in [5.41, 5.74) is 0.456. The minimum atomic E-state index is -3.66. The van der Waals surface area contributed by atoms with Crippen molar-refractivity contribution < 1.29 is 22.1 Å². The van der Waals surface area contributed by atoms with Gasteiger partial charge < -0.3 is 9.47 Å². The van der Waals surface area contributed by atoms with Crippen LogP contribution < -0.4 is 9.47 Å². The molecule has 1 heterocycles. The highest BCUT2D eigenvalue weighted by Gasteiger charge is 2.20. The summed E-state index contributed by atoms with van der Waals surface area (Å²) >= 11 is 12.0. The molecule has 9 heteroatoms. The van der Waals surface area contributed by atoms with E-state index in [0.717, 1.165) is 6.26 Å². The van der Waals surface area contributed by atoms with Gasteiger partial charge in [0.05, 0.1) is 30.5 Å².